The molecule has 5 saturated heterocycles. The van der Waals surface area contributed by atoms with Gasteiger partial charge in [-0.15, -0.1) is 0 Å². The average molecular weight is 1220 g/mol. The lowest BCUT2D eigenvalue weighted by Gasteiger charge is -2.66. The van der Waals surface area contributed by atoms with Gasteiger partial charge in [0, 0.05) is 61.0 Å². The van der Waals surface area contributed by atoms with Gasteiger partial charge in [0.2, 0.25) is 0 Å². The molecule has 9 fully saturated rings. The van der Waals surface area contributed by atoms with E-state index in [4.69, 9.17) is 75.8 Å². The molecule has 23 nitrogen and oxygen atoms in total. The normalized spacial score (nSPS) is 50.9. The van der Waals surface area contributed by atoms with Crippen LogP contribution in [0.25, 0.3) is 0 Å². The van der Waals surface area contributed by atoms with Gasteiger partial charge in [0.1, 0.15) is 60.5 Å². The quantitative estimate of drug-likeness (QED) is 0.0862. The highest BCUT2D eigenvalue weighted by Crippen LogP contribution is 2.71. The molecular weight excluding hydrogens is 1110 g/mol. The molecule has 9 rings (SSSR count). The molecule has 5 aliphatic heterocycles. The lowest BCUT2D eigenvalue weighted by Crippen LogP contribution is -2.72. The summed E-state index contributed by atoms with van der Waals surface area (Å²) in [5.41, 5.74) is -4.52. The second-order valence-electron chi connectivity index (χ2n) is 27.0. The Bertz CT molecular complexity index is 2200. The van der Waals surface area contributed by atoms with Gasteiger partial charge in [-0.1, -0.05) is 27.7 Å². The number of aliphatic hydroxyl groups excluding tert-OH is 3. The van der Waals surface area contributed by atoms with E-state index >= 15 is 0 Å². The fourth-order valence-electron chi connectivity index (χ4n) is 17.0. The predicted molar refractivity (Wildman–Crippen MR) is 300 cm³/mol. The monoisotopic (exact) mass is 1220 g/mol. The largest absolute Gasteiger partial charge is 0.462 e. The van der Waals surface area contributed by atoms with Gasteiger partial charge in [-0.2, -0.15) is 0 Å². The van der Waals surface area contributed by atoms with E-state index in [2.05, 4.69) is 6.92 Å². The summed E-state index contributed by atoms with van der Waals surface area (Å²) in [5, 5.41) is 58.9. The van der Waals surface area contributed by atoms with Crippen molar-refractivity contribution >= 4 is 11.9 Å². The Morgan fingerprint density at radius 2 is 1.08 bits per heavy atom. The maximum Gasteiger partial charge on any atom is 0.309 e. The van der Waals surface area contributed by atoms with E-state index in [1.807, 2.05) is 41.5 Å². The van der Waals surface area contributed by atoms with Gasteiger partial charge in [-0.3, -0.25) is 9.59 Å². The Morgan fingerprint density at radius 3 is 1.59 bits per heavy atom. The van der Waals surface area contributed by atoms with Crippen LogP contribution in [0, 0.1) is 34.5 Å². The van der Waals surface area contributed by atoms with Gasteiger partial charge in [0.05, 0.1) is 78.0 Å². The van der Waals surface area contributed by atoms with Crippen molar-refractivity contribution in [1.29, 1.82) is 0 Å². The number of carbonyl (C=O) groups is 2. The van der Waals surface area contributed by atoms with E-state index in [0.29, 0.717) is 38.5 Å². The molecule has 85 heavy (non-hydrogen) atoms. The molecule has 0 radical (unpaired) electrons. The first kappa shape index (κ1) is 67.6. The Hall–Kier alpha value is -1.82. The summed E-state index contributed by atoms with van der Waals surface area (Å²) in [6, 6.07) is 0. The smallest absolute Gasteiger partial charge is 0.309 e. The molecule has 32 atom stereocenters. The maximum atomic E-state index is 13.1. The molecule has 5 N–H and O–H groups in total. The minimum atomic E-state index is -1.63. The molecule has 0 amide bonds. The van der Waals surface area contributed by atoms with Crippen molar-refractivity contribution in [1.82, 2.24) is 0 Å². The third-order valence-corrected chi connectivity index (χ3v) is 22.4. The molecule has 5 heterocycles. The van der Waals surface area contributed by atoms with Crippen molar-refractivity contribution in [2.24, 2.45) is 34.5 Å². The zero-order valence-electron chi connectivity index (χ0n) is 52.9. The molecule has 23 heteroatoms. The summed E-state index contributed by atoms with van der Waals surface area (Å²) in [6.07, 6.45) is -9.89. The summed E-state index contributed by atoms with van der Waals surface area (Å²) in [7, 11) is 6.22. The first-order valence-corrected chi connectivity index (χ1v) is 31.7. The Labute approximate surface area is 502 Å². The van der Waals surface area contributed by atoms with Crippen LogP contribution in [0.3, 0.4) is 0 Å². The van der Waals surface area contributed by atoms with E-state index in [9.17, 15) is 35.1 Å². The number of carbonyl (C=O) groups excluding carboxylic acids is 2. The average Bonchev–Trinajstić information content (AvgIpc) is 1.61. The number of ether oxygens (including phenoxy) is 16. The second-order valence-corrected chi connectivity index (χ2v) is 27.0. The second kappa shape index (κ2) is 27.2. The number of rotatable bonds is 19. The van der Waals surface area contributed by atoms with Gasteiger partial charge in [-0.25, -0.2) is 0 Å². The van der Waals surface area contributed by atoms with Gasteiger partial charge in [0.25, 0.3) is 0 Å². The number of esters is 2. The van der Waals surface area contributed by atoms with E-state index in [0.717, 1.165) is 32.1 Å². The molecule has 0 aromatic rings. The fraction of sp³-hybridized carbons (Fsp3) is 0.968. The van der Waals surface area contributed by atoms with Crippen molar-refractivity contribution in [3.63, 3.8) is 0 Å². The third kappa shape index (κ3) is 12.9. The highest BCUT2D eigenvalue weighted by molar-refractivity contribution is 5.72. The van der Waals surface area contributed by atoms with Crippen LogP contribution in [0.15, 0.2) is 0 Å². The van der Waals surface area contributed by atoms with Gasteiger partial charge in [-0.05, 0) is 122 Å². The minimum absolute atomic E-state index is 0.00482. The molecular formula is C62H104O23. The predicted octanol–water partition coefficient (Wildman–Crippen LogP) is 4.75. The van der Waals surface area contributed by atoms with Crippen LogP contribution in [-0.2, 0) is 85.4 Å². The molecule has 490 valence electrons. The van der Waals surface area contributed by atoms with Crippen LogP contribution in [0.4, 0.5) is 0 Å². The molecule has 32 unspecified atom stereocenters. The van der Waals surface area contributed by atoms with Crippen molar-refractivity contribution in [2.75, 3.05) is 28.4 Å². The molecule has 9 aliphatic rings. The highest BCUT2D eigenvalue weighted by atomic mass is 16.8. The molecule has 4 aliphatic carbocycles. The van der Waals surface area contributed by atoms with E-state index in [1.165, 1.54) is 14.0 Å². The number of fused-ring (bicyclic) bond motifs is 5. The highest BCUT2D eigenvalue weighted by Gasteiger charge is 2.77. The Balaban J connectivity index is 0.749. The standard InChI is InChI=1S/C62H104O23/c1-16-29(2)57(67)79-35(8)61(68)21-22-62(69)39-18-17-37-23-38(19-20-59(37,10)40(39)24-45(60(61,62)11)80-36(9)63)81-46-25-41(64)52(31(4)74-46)82-47-26-42(70-12)53(32(5)75-47)83-48-27-43(71-13)54(33(6)76-48)84-49-28-44(72-14)55(34(7)77-49)85-58-51(66)56(73-15)50(65)30(3)78-58/h29-35,37-56,58,64-66,68-69H,16-28H2,1-15H3. The Morgan fingerprint density at radius 1 is 0.565 bits per heavy atom. The van der Waals surface area contributed by atoms with Gasteiger partial charge < -0.3 is 101 Å². The van der Waals surface area contributed by atoms with Crippen LogP contribution in [0.2, 0.25) is 0 Å². The zero-order chi connectivity index (χ0) is 61.8. The number of hydrogen-bond donors (Lipinski definition) is 5. The van der Waals surface area contributed by atoms with Crippen molar-refractivity contribution in [3.8, 4) is 0 Å². The van der Waals surface area contributed by atoms with Crippen LogP contribution < -0.4 is 0 Å². The molecule has 4 saturated carbocycles. The minimum Gasteiger partial charge on any atom is -0.462 e. The summed E-state index contributed by atoms with van der Waals surface area (Å²) in [5.74, 6) is -1.17. The topological polar surface area (TPSA) is 283 Å². The van der Waals surface area contributed by atoms with E-state index in [1.54, 1.807) is 42.1 Å². The summed E-state index contributed by atoms with van der Waals surface area (Å²) < 4.78 is 99.7. The van der Waals surface area contributed by atoms with Crippen LogP contribution in [-0.4, -0.2) is 225 Å². The van der Waals surface area contributed by atoms with Crippen molar-refractivity contribution in [3.05, 3.63) is 0 Å². The number of methoxy groups -OCH3 is 4. The fourth-order valence-corrected chi connectivity index (χ4v) is 17.0. The summed E-state index contributed by atoms with van der Waals surface area (Å²) in [6.45, 7) is 20.1. The van der Waals surface area contributed by atoms with Gasteiger partial charge in [0.15, 0.2) is 31.5 Å². The lowest BCUT2D eigenvalue weighted by molar-refractivity contribution is -0.357. The van der Waals surface area contributed by atoms with Crippen LogP contribution >= 0.6 is 0 Å². The summed E-state index contributed by atoms with van der Waals surface area (Å²) in [4.78, 5) is 25.9. The van der Waals surface area contributed by atoms with Crippen LogP contribution in [0.1, 0.15) is 160 Å². The molecule has 0 aromatic carbocycles. The zero-order valence-corrected chi connectivity index (χ0v) is 52.9. The van der Waals surface area contributed by atoms with Gasteiger partial charge >= 0.3 is 11.9 Å². The SMILES string of the molecule is CCC(C)C(=O)OC(C)C1(O)CCC2(O)C3CCC4CC(OC5CC(O)C(OC6CC(OC)C(OC7CC(OC)C(OC8CC(OC)C(OC9OC(C)C(O)C(OC)C9O)C(C)O8)C(C)O7)C(C)O6)C(C)O5)CCC4(C)C3CC(OC(C)=O)C12C. The lowest BCUT2D eigenvalue weighted by atomic mass is 9.42. The van der Waals surface area contributed by atoms with E-state index in [-0.39, 0.29) is 48.0 Å². The first-order valence-electron chi connectivity index (χ1n) is 31.7. The van der Waals surface area contributed by atoms with E-state index < -0.39 is 170 Å². The Kier molecular flexibility index (Phi) is 21.6. The maximum absolute atomic E-state index is 13.1. The molecule has 0 bridgehead atoms. The number of hydrogen-bond acceptors (Lipinski definition) is 23. The van der Waals surface area contributed by atoms with Crippen molar-refractivity contribution < 1.29 is 111 Å². The van der Waals surface area contributed by atoms with Crippen molar-refractivity contribution in [2.45, 2.75) is 318 Å². The summed E-state index contributed by atoms with van der Waals surface area (Å²) >= 11 is 0. The molecule has 0 spiro atoms. The van der Waals surface area contributed by atoms with Crippen LogP contribution in [0.5, 0.6) is 0 Å². The first-order chi connectivity index (χ1) is 40.2. The number of aliphatic hydroxyl groups is 5. The molecule has 0 aromatic heterocycles. The third-order valence-electron chi connectivity index (χ3n) is 22.4.